The van der Waals surface area contributed by atoms with Gasteiger partial charge in [0, 0.05) is 29.1 Å². The number of nitrogens with one attached hydrogen (secondary N) is 2. The van der Waals surface area contributed by atoms with Crippen molar-refractivity contribution in [3.63, 3.8) is 0 Å². The fourth-order valence-electron chi connectivity index (χ4n) is 3.26. The minimum absolute atomic E-state index is 0.0945. The van der Waals surface area contributed by atoms with Crippen molar-refractivity contribution in [1.82, 2.24) is 10.3 Å². The van der Waals surface area contributed by atoms with Crippen LogP contribution in [0.3, 0.4) is 0 Å². The second-order valence-corrected chi connectivity index (χ2v) is 6.62. The summed E-state index contributed by atoms with van der Waals surface area (Å²) in [5, 5.41) is 12.7. The largest absolute Gasteiger partial charge is 0.358 e. The van der Waals surface area contributed by atoms with Gasteiger partial charge in [-0.2, -0.15) is 5.26 Å². The molecule has 0 fully saturated rings. The minimum atomic E-state index is -0.395. The summed E-state index contributed by atoms with van der Waals surface area (Å²) in [5.74, 6) is -0.415. The number of carbonyl (C=O) groups is 2. The Hall–Kier alpha value is -3.10. The van der Waals surface area contributed by atoms with Gasteiger partial charge in [0.05, 0.1) is 23.6 Å². The Balaban J connectivity index is 2.13. The fraction of sp³-hybridized carbons (Fsp3) is 0.190. The number of carbonyl (C=O) groups excluding carboxylic acids is 2. The zero-order chi connectivity index (χ0) is 19.6. The van der Waals surface area contributed by atoms with Crippen molar-refractivity contribution in [2.45, 2.75) is 19.9 Å². The first kappa shape index (κ1) is 18.7. The van der Waals surface area contributed by atoms with E-state index in [1.807, 2.05) is 37.3 Å². The van der Waals surface area contributed by atoms with Crippen LogP contribution in [0.1, 0.15) is 45.7 Å². The highest BCUT2D eigenvalue weighted by molar-refractivity contribution is 6.32. The van der Waals surface area contributed by atoms with Gasteiger partial charge >= 0.3 is 0 Å². The Morgan fingerprint density at radius 3 is 2.44 bits per heavy atom. The predicted molar refractivity (Wildman–Crippen MR) is 105 cm³/mol. The number of rotatable bonds is 5. The number of alkyl halides is 1. The third kappa shape index (κ3) is 3.71. The highest BCUT2D eigenvalue weighted by atomic mass is 35.5. The minimum Gasteiger partial charge on any atom is -0.358 e. The molecule has 1 unspecified atom stereocenters. The summed E-state index contributed by atoms with van der Waals surface area (Å²) in [6.07, 6.45) is 0. The Morgan fingerprint density at radius 2 is 1.85 bits per heavy atom. The molecule has 1 amide bonds. The van der Waals surface area contributed by atoms with E-state index in [4.69, 9.17) is 16.9 Å². The van der Waals surface area contributed by atoms with Crippen LogP contribution in [0.15, 0.2) is 42.5 Å². The zero-order valence-corrected chi connectivity index (χ0v) is 15.7. The molecule has 1 heterocycles. The Labute approximate surface area is 162 Å². The van der Waals surface area contributed by atoms with Crippen LogP contribution in [0.4, 0.5) is 0 Å². The van der Waals surface area contributed by atoms with E-state index in [0.717, 1.165) is 27.7 Å². The Bertz CT molecular complexity index is 1060. The average molecular weight is 380 g/mol. The second-order valence-electron chi connectivity index (χ2n) is 6.35. The lowest BCUT2D eigenvalue weighted by molar-refractivity contribution is -0.119. The number of nitriles is 1. The number of halogens is 1. The average Bonchev–Trinajstić information content (AvgIpc) is 3.00. The number of aromatic amines is 1. The molecular formula is C21H18ClN3O2. The van der Waals surface area contributed by atoms with Crippen LogP contribution in [-0.4, -0.2) is 22.6 Å². The third-order valence-corrected chi connectivity index (χ3v) is 4.71. The molecule has 136 valence electrons. The number of fused-ring (bicyclic) bond motifs is 1. The van der Waals surface area contributed by atoms with Gasteiger partial charge in [-0.25, -0.2) is 0 Å². The summed E-state index contributed by atoms with van der Waals surface area (Å²) in [6, 6.07) is 14.4. The molecule has 1 aromatic heterocycles. The number of hydrogen-bond donors (Lipinski definition) is 2. The predicted octanol–water partition coefficient (Wildman–Crippen LogP) is 4.00. The number of ketones is 1. The lowest BCUT2D eigenvalue weighted by Gasteiger charge is -2.19. The standard InChI is InChI=1S/C21H18ClN3O2/c1-12-20(19(27)10-22)17-9-16(7-8-18(17)24-12)21(25-13(2)26)15-5-3-14(11-23)4-6-15/h3-9,21,24H,10H2,1-2H3,(H,25,26). The summed E-state index contributed by atoms with van der Waals surface area (Å²) in [7, 11) is 0. The number of Topliss-reactive ketones (excluding diaryl/α,β-unsaturated/α-hetero) is 1. The first-order chi connectivity index (χ1) is 12.9. The van der Waals surface area contributed by atoms with E-state index in [0.29, 0.717) is 11.1 Å². The molecule has 0 radical (unpaired) electrons. The Morgan fingerprint density at radius 1 is 1.19 bits per heavy atom. The number of nitrogens with zero attached hydrogens (tertiary/aromatic N) is 1. The maximum absolute atomic E-state index is 12.3. The molecule has 0 aliphatic rings. The molecule has 2 N–H and O–H groups in total. The molecule has 0 spiro atoms. The monoisotopic (exact) mass is 379 g/mol. The van der Waals surface area contributed by atoms with Crippen molar-refractivity contribution in [3.05, 3.63) is 70.4 Å². The zero-order valence-electron chi connectivity index (χ0n) is 15.0. The lowest BCUT2D eigenvalue weighted by atomic mass is 9.95. The summed E-state index contributed by atoms with van der Waals surface area (Å²) < 4.78 is 0. The van der Waals surface area contributed by atoms with Gasteiger partial charge < -0.3 is 10.3 Å². The van der Waals surface area contributed by atoms with E-state index in [9.17, 15) is 9.59 Å². The number of aryl methyl sites for hydroxylation is 1. The summed E-state index contributed by atoms with van der Waals surface area (Å²) in [4.78, 5) is 27.2. The molecule has 27 heavy (non-hydrogen) atoms. The van der Waals surface area contributed by atoms with Crippen LogP contribution in [-0.2, 0) is 4.79 Å². The van der Waals surface area contributed by atoms with Crippen LogP contribution in [0.2, 0.25) is 0 Å². The molecule has 2 aromatic carbocycles. The van der Waals surface area contributed by atoms with E-state index in [-0.39, 0.29) is 17.6 Å². The van der Waals surface area contributed by atoms with Gasteiger partial charge in [0.15, 0.2) is 5.78 Å². The molecule has 5 nitrogen and oxygen atoms in total. The molecule has 0 aliphatic heterocycles. The van der Waals surface area contributed by atoms with Gasteiger partial charge in [0.1, 0.15) is 0 Å². The molecule has 1 atom stereocenters. The molecule has 3 aromatic rings. The van der Waals surface area contributed by atoms with E-state index in [1.54, 1.807) is 12.1 Å². The lowest BCUT2D eigenvalue weighted by Crippen LogP contribution is -2.26. The van der Waals surface area contributed by atoms with Gasteiger partial charge in [0.2, 0.25) is 5.91 Å². The topological polar surface area (TPSA) is 85.8 Å². The second kappa shape index (κ2) is 7.65. The summed E-state index contributed by atoms with van der Waals surface area (Å²) >= 11 is 5.76. The molecular weight excluding hydrogens is 362 g/mol. The summed E-state index contributed by atoms with van der Waals surface area (Å²) in [6.45, 7) is 3.30. The SMILES string of the molecule is CC(=O)NC(c1ccc(C#N)cc1)c1ccc2[nH]c(C)c(C(=O)CCl)c2c1. The highest BCUT2D eigenvalue weighted by Crippen LogP contribution is 2.29. The quantitative estimate of drug-likeness (QED) is 0.519. The van der Waals surface area contributed by atoms with Crippen molar-refractivity contribution in [2.75, 3.05) is 5.88 Å². The summed E-state index contributed by atoms with van der Waals surface area (Å²) in [5.41, 5.74) is 4.41. The van der Waals surface area contributed by atoms with Crippen molar-refractivity contribution in [2.24, 2.45) is 0 Å². The van der Waals surface area contributed by atoms with Crippen molar-refractivity contribution >= 4 is 34.2 Å². The van der Waals surface area contributed by atoms with Gasteiger partial charge in [-0.3, -0.25) is 9.59 Å². The van der Waals surface area contributed by atoms with E-state index in [1.165, 1.54) is 6.92 Å². The van der Waals surface area contributed by atoms with Gasteiger partial charge in [-0.05, 0) is 42.3 Å². The van der Waals surface area contributed by atoms with Gasteiger partial charge in [-0.1, -0.05) is 18.2 Å². The first-order valence-corrected chi connectivity index (χ1v) is 8.96. The number of aromatic nitrogens is 1. The van der Waals surface area contributed by atoms with Gasteiger partial charge in [-0.15, -0.1) is 11.6 Å². The van der Waals surface area contributed by atoms with Crippen LogP contribution in [0.25, 0.3) is 10.9 Å². The molecule has 0 saturated heterocycles. The molecule has 0 aliphatic carbocycles. The number of hydrogen-bond acceptors (Lipinski definition) is 3. The van der Waals surface area contributed by atoms with Crippen molar-refractivity contribution in [3.8, 4) is 6.07 Å². The van der Waals surface area contributed by atoms with Crippen LogP contribution in [0.5, 0.6) is 0 Å². The number of benzene rings is 2. The van der Waals surface area contributed by atoms with Crippen molar-refractivity contribution in [1.29, 1.82) is 5.26 Å². The van der Waals surface area contributed by atoms with E-state index in [2.05, 4.69) is 16.4 Å². The van der Waals surface area contributed by atoms with Crippen molar-refractivity contribution < 1.29 is 9.59 Å². The number of amides is 1. The van der Waals surface area contributed by atoms with E-state index >= 15 is 0 Å². The molecule has 3 rings (SSSR count). The third-order valence-electron chi connectivity index (χ3n) is 4.46. The van der Waals surface area contributed by atoms with Crippen LogP contribution in [0, 0.1) is 18.3 Å². The van der Waals surface area contributed by atoms with Crippen LogP contribution < -0.4 is 5.32 Å². The van der Waals surface area contributed by atoms with E-state index < -0.39 is 6.04 Å². The highest BCUT2D eigenvalue weighted by Gasteiger charge is 2.20. The molecule has 0 saturated carbocycles. The van der Waals surface area contributed by atoms with Crippen LogP contribution >= 0.6 is 11.6 Å². The maximum Gasteiger partial charge on any atom is 0.217 e. The van der Waals surface area contributed by atoms with Gasteiger partial charge in [0.25, 0.3) is 0 Å². The smallest absolute Gasteiger partial charge is 0.217 e. The maximum atomic E-state index is 12.3. The first-order valence-electron chi connectivity index (χ1n) is 8.43. The molecule has 0 bridgehead atoms. The number of H-pyrrole nitrogens is 1. The Kier molecular flexibility index (Phi) is 5.29. The molecule has 6 heteroatoms. The normalized spacial score (nSPS) is 11.8. The fourth-order valence-corrected chi connectivity index (χ4v) is 3.40.